The number of rotatable bonds is 4. The largest absolute Gasteiger partial charge is 0.416 e. The van der Waals surface area contributed by atoms with E-state index in [-0.39, 0.29) is 17.1 Å². The van der Waals surface area contributed by atoms with Crippen molar-refractivity contribution in [2.45, 2.75) is 6.18 Å². The molecule has 0 radical (unpaired) electrons. The average molecular weight is 453 g/mol. The van der Waals surface area contributed by atoms with Gasteiger partial charge in [-0.1, -0.05) is 6.07 Å². The summed E-state index contributed by atoms with van der Waals surface area (Å²) in [7, 11) is 0. The predicted molar refractivity (Wildman–Crippen MR) is 105 cm³/mol. The van der Waals surface area contributed by atoms with Crippen LogP contribution in [-0.2, 0) is 6.18 Å². The van der Waals surface area contributed by atoms with Crippen LogP contribution in [-0.4, -0.2) is 11.9 Å². The lowest BCUT2D eigenvalue weighted by Crippen LogP contribution is -2.22. The number of urea groups is 1. The van der Waals surface area contributed by atoms with E-state index in [1.807, 2.05) is 0 Å². The molecule has 0 spiro atoms. The fraction of sp³-hybridized carbons (Fsp3) is 0.0476. The van der Waals surface area contributed by atoms with Gasteiger partial charge in [-0.15, -0.1) is 0 Å². The molecule has 3 N–H and O–H groups in total. The Hall–Kier alpha value is -4.02. The number of carbonyl (C=O) groups is 2. The molecule has 3 aromatic rings. The lowest BCUT2D eigenvalue weighted by atomic mass is 10.1. The van der Waals surface area contributed by atoms with Crippen LogP contribution in [0.1, 0.15) is 15.9 Å². The number of halogens is 6. The molecule has 0 heterocycles. The van der Waals surface area contributed by atoms with Crippen LogP contribution in [0.15, 0.2) is 60.7 Å². The van der Waals surface area contributed by atoms with Crippen LogP contribution < -0.4 is 16.0 Å². The van der Waals surface area contributed by atoms with E-state index in [0.29, 0.717) is 12.1 Å². The molecule has 0 atom stereocenters. The third kappa shape index (κ3) is 5.56. The Labute approximate surface area is 177 Å². The summed E-state index contributed by atoms with van der Waals surface area (Å²) in [6.07, 6.45) is -4.61. The molecule has 0 aliphatic heterocycles. The lowest BCUT2D eigenvalue weighted by Gasteiger charge is -2.14. The zero-order valence-electron chi connectivity index (χ0n) is 15.9. The fourth-order valence-corrected chi connectivity index (χ4v) is 2.65. The Morgan fingerprint density at radius 3 is 2.09 bits per heavy atom. The number of alkyl halides is 3. The summed E-state index contributed by atoms with van der Waals surface area (Å²) in [6, 6.07) is 7.96. The van der Waals surface area contributed by atoms with Gasteiger partial charge < -0.3 is 16.0 Å². The van der Waals surface area contributed by atoms with Crippen molar-refractivity contribution in [2.24, 2.45) is 0 Å². The number of nitrogens with one attached hydrogen (secondary N) is 3. The van der Waals surface area contributed by atoms with Gasteiger partial charge in [0.2, 0.25) is 0 Å². The average Bonchev–Trinajstić information content (AvgIpc) is 2.69. The van der Waals surface area contributed by atoms with E-state index in [1.54, 1.807) is 0 Å². The van der Waals surface area contributed by atoms with Gasteiger partial charge >= 0.3 is 12.2 Å². The molecule has 3 rings (SSSR count). The van der Waals surface area contributed by atoms with Crippen molar-refractivity contribution >= 4 is 29.0 Å². The van der Waals surface area contributed by atoms with E-state index in [9.17, 15) is 35.9 Å². The van der Waals surface area contributed by atoms with Crippen LogP contribution in [0.25, 0.3) is 0 Å². The summed E-state index contributed by atoms with van der Waals surface area (Å²) in [5.41, 5.74) is -2.08. The number of carbonyl (C=O) groups excluding carboxylic acids is 2. The first-order valence-corrected chi connectivity index (χ1v) is 8.84. The van der Waals surface area contributed by atoms with Crippen LogP contribution in [0.5, 0.6) is 0 Å². The highest BCUT2D eigenvalue weighted by Crippen LogP contribution is 2.31. The highest BCUT2D eigenvalue weighted by atomic mass is 19.4. The van der Waals surface area contributed by atoms with Crippen molar-refractivity contribution in [3.63, 3.8) is 0 Å². The molecule has 0 saturated heterocycles. The third-order valence-electron chi connectivity index (χ3n) is 4.10. The second-order valence-corrected chi connectivity index (χ2v) is 6.43. The minimum absolute atomic E-state index is 0.133. The molecule has 0 aliphatic carbocycles. The van der Waals surface area contributed by atoms with Gasteiger partial charge in [-0.3, -0.25) is 4.79 Å². The van der Waals surface area contributed by atoms with Gasteiger partial charge in [0, 0.05) is 11.8 Å². The Bertz CT molecular complexity index is 1180. The van der Waals surface area contributed by atoms with Crippen molar-refractivity contribution in [1.29, 1.82) is 0 Å². The van der Waals surface area contributed by atoms with E-state index in [1.165, 1.54) is 6.07 Å². The normalized spacial score (nSPS) is 11.1. The second kappa shape index (κ2) is 9.00. The van der Waals surface area contributed by atoms with E-state index in [4.69, 9.17) is 0 Å². The molecule has 166 valence electrons. The summed E-state index contributed by atoms with van der Waals surface area (Å²) < 4.78 is 78.9. The number of hydrogen-bond donors (Lipinski definition) is 3. The molecule has 32 heavy (non-hydrogen) atoms. The first-order valence-electron chi connectivity index (χ1n) is 8.84. The maximum Gasteiger partial charge on any atom is 0.416 e. The predicted octanol–water partition coefficient (Wildman–Crippen LogP) is 6.02. The molecule has 0 aliphatic rings. The highest BCUT2D eigenvalue weighted by Gasteiger charge is 2.30. The maximum absolute atomic E-state index is 13.8. The van der Waals surface area contributed by atoms with Crippen molar-refractivity contribution in [3.05, 3.63) is 89.2 Å². The van der Waals surface area contributed by atoms with Crippen molar-refractivity contribution in [3.8, 4) is 0 Å². The molecular formula is C21H13F6N3O2. The molecule has 0 unspecified atom stereocenters. The highest BCUT2D eigenvalue weighted by molar-refractivity contribution is 6.08. The molecule has 0 aromatic heterocycles. The first kappa shape index (κ1) is 22.7. The first-order chi connectivity index (χ1) is 15.0. The monoisotopic (exact) mass is 453 g/mol. The molecule has 11 heteroatoms. The minimum Gasteiger partial charge on any atom is -0.320 e. The Morgan fingerprint density at radius 2 is 1.41 bits per heavy atom. The van der Waals surface area contributed by atoms with Gasteiger partial charge in [-0.2, -0.15) is 13.2 Å². The molecule has 0 saturated carbocycles. The zero-order chi connectivity index (χ0) is 23.5. The summed E-state index contributed by atoms with van der Waals surface area (Å²) in [5, 5.41) is 6.64. The molecule has 3 amide bonds. The molecule has 0 bridgehead atoms. The summed E-state index contributed by atoms with van der Waals surface area (Å²) in [5.74, 6) is -3.91. The second-order valence-electron chi connectivity index (χ2n) is 6.43. The van der Waals surface area contributed by atoms with Crippen LogP contribution in [0.3, 0.4) is 0 Å². The SMILES string of the molecule is O=C(Nc1cccc(C(F)(F)F)c1)Nc1ccc(F)cc1NC(=O)c1ccc(F)cc1F. The van der Waals surface area contributed by atoms with Crippen LogP contribution in [0.2, 0.25) is 0 Å². The van der Waals surface area contributed by atoms with Gasteiger partial charge in [-0.05, 0) is 48.5 Å². The molecular weight excluding hydrogens is 440 g/mol. The van der Waals surface area contributed by atoms with E-state index < -0.39 is 46.7 Å². The summed E-state index contributed by atoms with van der Waals surface area (Å²) >= 11 is 0. The van der Waals surface area contributed by atoms with Crippen LogP contribution in [0, 0.1) is 17.5 Å². The van der Waals surface area contributed by atoms with Gasteiger partial charge in [-0.25, -0.2) is 18.0 Å². The minimum atomic E-state index is -4.61. The smallest absolute Gasteiger partial charge is 0.320 e. The van der Waals surface area contributed by atoms with Crippen molar-refractivity contribution in [1.82, 2.24) is 0 Å². The van der Waals surface area contributed by atoms with Crippen LogP contribution >= 0.6 is 0 Å². The quantitative estimate of drug-likeness (QED) is 0.423. The summed E-state index contributed by atoms with van der Waals surface area (Å²) in [6.45, 7) is 0. The van der Waals surface area contributed by atoms with E-state index in [0.717, 1.165) is 42.5 Å². The zero-order valence-corrected chi connectivity index (χ0v) is 15.9. The van der Waals surface area contributed by atoms with Crippen molar-refractivity contribution in [2.75, 3.05) is 16.0 Å². The van der Waals surface area contributed by atoms with Gasteiger partial charge in [0.1, 0.15) is 17.5 Å². The Balaban J connectivity index is 1.78. The number of hydrogen-bond acceptors (Lipinski definition) is 2. The lowest BCUT2D eigenvalue weighted by molar-refractivity contribution is -0.137. The standard InChI is InChI=1S/C21H13F6N3O2/c22-12-4-6-15(16(24)9-12)19(31)29-18-10-13(23)5-7-17(18)30-20(32)28-14-3-1-2-11(8-14)21(25,26)27/h1-10H,(H,29,31)(H2,28,30,32). The molecule has 0 fully saturated rings. The summed E-state index contributed by atoms with van der Waals surface area (Å²) in [4.78, 5) is 24.5. The molecule has 3 aromatic carbocycles. The Morgan fingerprint density at radius 1 is 0.719 bits per heavy atom. The van der Waals surface area contributed by atoms with Gasteiger partial charge in [0.05, 0.1) is 22.5 Å². The van der Waals surface area contributed by atoms with E-state index >= 15 is 0 Å². The maximum atomic E-state index is 13.8. The Kier molecular flexibility index (Phi) is 6.37. The van der Waals surface area contributed by atoms with Gasteiger partial charge in [0.15, 0.2) is 0 Å². The third-order valence-corrected chi connectivity index (χ3v) is 4.10. The fourth-order valence-electron chi connectivity index (χ4n) is 2.65. The number of benzene rings is 3. The topological polar surface area (TPSA) is 70.2 Å². The number of anilines is 3. The van der Waals surface area contributed by atoms with Crippen molar-refractivity contribution < 1.29 is 35.9 Å². The molecule has 5 nitrogen and oxygen atoms in total. The number of amides is 3. The van der Waals surface area contributed by atoms with E-state index in [2.05, 4.69) is 16.0 Å². The van der Waals surface area contributed by atoms with Crippen LogP contribution in [0.4, 0.5) is 48.2 Å². The van der Waals surface area contributed by atoms with Gasteiger partial charge in [0.25, 0.3) is 5.91 Å².